The van der Waals surface area contributed by atoms with Crippen LogP contribution in [0.5, 0.6) is 11.5 Å². The van der Waals surface area contributed by atoms with Gasteiger partial charge in [0.1, 0.15) is 11.5 Å². The highest BCUT2D eigenvalue weighted by molar-refractivity contribution is 7.25. The zero-order chi connectivity index (χ0) is 27.2. The molecule has 9 aromatic rings. The number of hydrogen-bond donors (Lipinski definition) is 2. The van der Waals surface area contributed by atoms with E-state index in [2.05, 4.69) is 81.9 Å². The lowest BCUT2D eigenvalue weighted by molar-refractivity contribution is 0.481. The van der Waals surface area contributed by atoms with Crippen molar-refractivity contribution in [3.8, 4) is 22.9 Å². The lowest BCUT2D eigenvalue weighted by Crippen LogP contribution is -1.94. The number of thiophene rings is 1. The number of nitrogens with zero attached hydrogens (tertiary/aromatic N) is 2. The molecular weight excluding hydrogens is 524 g/mol. The van der Waals surface area contributed by atoms with Gasteiger partial charge < -0.3 is 19.3 Å². The summed E-state index contributed by atoms with van der Waals surface area (Å²) in [6, 6.07) is 41.2. The highest BCUT2D eigenvalue weighted by atomic mass is 32.1. The van der Waals surface area contributed by atoms with Crippen molar-refractivity contribution in [2.24, 2.45) is 0 Å². The lowest BCUT2D eigenvalue weighted by Gasteiger charge is -2.10. The maximum atomic E-state index is 10.8. The number of para-hydroxylation sites is 2. The Morgan fingerprint density at radius 2 is 0.854 bits per heavy atom. The topological polar surface area (TPSA) is 50.3 Å². The van der Waals surface area contributed by atoms with Crippen LogP contribution in [-0.4, -0.2) is 19.3 Å². The summed E-state index contributed by atoms with van der Waals surface area (Å²) in [4.78, 5) is 0. The van der Waals surface area contributed by atoms with Gasteiger partial charge in [-0.15, -0.1) is 11.3 Å². The first-order valence-electron chi connectivity index (χ1n) is 13.6. The smallest absolute Gasteiger partial charge is 0.125 e. The van der Waals surface area contributed by atoms with Gasteiger partial charge in [0.25, 0.3) is 0 Å². The number of aromatic nitrogens is 2. The minimum atomic E-state index is 0.293. The van der Waals surface area contributed by atoms with E-state index in [1.54, 1.807) is 23.5 Å². The molecule has 2 N–H and O–H groups in total. The summed E-state index contributed by atoms with van der Waals surface area (Å²) in [5.74, 6) is 0.586. The van der Waals surface area contributed by atoms with Crippen molar-refractivity contribution >= 4 is 75.1 Å². The van der Waals surface area contributed by atoms with Gasteiger partial charge in [0.2, 0.25) is 0 Å². The van der Waals surface area contributed by atoms with E-state index >= 15 is 0 Å². The second-order valence-electron chi connectivity index (χ2n) is 10.5. The molecule has 3 aromatic heterocycles. The van der Waals surface area contributed by atoms with Crippen LogP contribution in [0.4, 0.5) is 0 Å². The van der Waals surface area contributed by atoms with E-state index < -0.39 is 0 Å². The first kappa shape index (κ1) is 22.5. The second-order valence-corrected chi connectivity index (χ2v) is 11.6. The minimum Gasteiger partial charge on any atom is -0.507 e. The molecule has 9 rings (SSSR count). The molecule has 0 amide bonds. The predicted molar refractivity (Wildman–Crippen MR) is 171 cm³/mol. The molecule has 6 aromatic carbocycles. The largest absolute Gasteiger partial charge is 0.507 e. The zero-order valence-corrected chi connectivity index (χ0v) is 22.6. The molecule has 0 radical (unpaired) electrons. The number of phenolic OH excluding ortho intramolecular Hbond substituents is 2. The van der Waals surface area contributed by atoms with Crippen LogP contribution in [0.3, 0.4) is 0 Å². The fourth-order valence-electron chi connectivity index (χ4n) is 6.59. The monoisotopic (exact) mass is 546 g/mol. The number of rotatable bonds is 2. The molecule has 5 heteroatoms. The Bertz CT molecular complexity index is 2340. The van der Waals surface area contributed by atoms with Gasteiger partial charge >= 0.3 is 0 Å². The number of hydrogen-bond acceptors (Lipinski definition) is 3. The number of fused-ring (bicyclic) bond motifs is 9. The summed E-state index contributed by atoms with van der Waals surface area (Å²) in [7, 11) is 0. The van der Waals surface area contributed by atoms with Crippen LogP contribution in [0.2, 0.25) is 0 Å². The van der Waals surface area contributed by atoms with Crippen LogP contribution in [-0.2, 0) is 0 Å². The van der Waals surface area contributed by atoms with Gasteiger partial charge in [-0.3, -0.25) is 0 Å². The zero-order valence-electron chi connectivity index (χ0n) is 21.7. The van der Waals surface area contributed by atoms with Crippen molar-refractivity contribution in [2.75, 3.05) is 0 Å². The van der Waals surface area contributed by atoms with Crippen LogP contribution >= 0.6 is 11.3 Å². The SMILES string of the molecule is Oc1cccc2c1c1ccccc1n2-c1ccc2sc3ccc(-n4c5ccccc5c5c(O)cccc54)cc3c2c1. The van der Waals surface area contributed by atoms with E-state index in [1.807, 2.05) is 36.4 Å². The molecule has 0 aliphatic heterocycles. The van der Waals surface area contributed by atoms with Gasteiger partial charge in [-0.05, 0) is 72.8 Å². The van der Waals surface area contributed by atoms with Crippen molar-refractivity contribution in [3.05, 3.63) is 121 Å². The summed E-state index contributed by atoms with van der Waals surface area (Å²) < 4.78 is 6.94. The molecule has 0 fully saturated rings. The van der Waals surface area contributed by atoms with E-state index in [4.69, 9.17) is 0 Å². The van der Waals surface area contributed by atoms with Crippen LogP contribution in [0.15, 0.2) is 121 Å². The molecule has 0 saturated heterocycles. The van der Waals surface area contributed by atoms with Crippen molar-refractivity contribution < 1.29 is 10.2 Å². The van der Waals surface area contributed by atoms with Gasteiger partial charge in [0.05, 0.1) is 22.1 Å². The Morgan fingerprint density at radius 1 is 0.415 bits per heavy atom. The van der Waals surface area contributed by atoms with E-state index in [0.29, 0.717) is 11.5 Å². The van der Waals surface area contributed by atoms with Crippen molar-refractivity contribution in [3.63, 3.8) is 0 Å². The summed E-state index contributed by atoms with van der Waals surface area (Å²) in [5.41, 5.74) is 6.21. The molecule has 0 bridgehead atoms. The number of aromatic hydroxyl groups is 2. The molecule has 4 nitrogen and oxygen atoms in total. The molecule has 3 heterocycles. The first-order chi connectivity index (χ1) is 20.2. The van der Waals surface area contributed by atoms with E-state index in [-0.39, 0.29) is 0 Å². The highest BCUT2D eigenvalue weighted by Gasteiger charge is 2.18. The molecule has 194 valence electrons. The third-order valence-corrected chi connectivity index (χ3v) is 9.46. The Morgan fingerprint density at radius 3 is 1.34 bits per heavy atom. The second kappa shape index (κ2) is 8.13. The summed E-state index contributed by atoms with van der Waals surface area (Å²) in [6.07, 6.45) is 0. The maximum Gasteiger partial charge on any atom is 0.125 e. The molecule has 41 heavy (non-hydrogen) atoms. The Balaban J connectivity index is 1.33. The van der Waals surface area contributed by atoms with Gasteiger partial charge in [0.15, 0.2) is 0 Å². The quantitative estimate of drug-likeness (QED) is 0.227. The van der Waals surface area contributed by atoms with Crippen LogP contribution in [0, 0.1) is 0 Å². The Hall–Kier alpha value is -5.26. The maximum absolute atomic E-state index is 10.8. The summed E-state index contributed by atoms with van der Waals surface area (Å²) in [5, 5.41) is 27.7. The molecule has 0 atom stereocenters. The molecule has 0 spiro atoms. The van der Waals surface area contributed by atoms with E-state index in [9.17, 15) is 10.2 Å². The van der Waals surface area contributed by atoms with Crippen molar-refractivity contribution in [2.45, 2.75) is 0 Å². The Labute approximate surface area is 238 Å². The molecule has 0 aliphatic rings. The van der Waals surface area contributed by atoms with Crippen LogP contribution in [0.25, 0.3) is 75.2 Å². The molecule has 0 saturated carbocycles. The van der Waals surface area contributed by atoms with Crippen LogP contribution in [0.1, 0.15) is 0 Å². The third kappa shape index (κ3) is 3.04. The first-order valence-corrected chi connectivity index (χ1v) is 14.4. The predicted octanol–water partition coefficient (Wildman–Crippen LogP) is 9.66. The average Bonchev–Trinajstić information content (AvgIpc) is 3.65. The number of benzene rings is 6. The summed E-state index contributed by atoms with van der Waals surface area (Å²) in [6.45, 7) is 0. The average molecular weight is 547 g/mol. The lowest BCUT2D eigenvalue weighted by atomic mass is 10.1. The van der Waals surface area contributed by atoms with E-state index in [1.165, 1.54) is 20.2 Å². The van der Waals surface area contributed by atoms with Crippen molar-refractivity contribution in [1.29, 1.82) is 0 Å². The van der Waals surface area contributed by atoms with Gasteiger partial charge in [-0.25, -0.2) is 0 Å². The van der Waals surface area contributed by atoms with Crippen molar-refractivity contribution in [1.82, 2.24) is 9.13 Å². The van der Waals surface area contributed by atoms with E-state index in [0.717, 1.165) is 55.0 Å². The van der Waals surface area contributed by atoms with Gasteiger partial charge in [-0.1, -0.05) is 48.5 Å². The minimum absolute atomic E-state index is 0.293. The molecule has 0 aliphatic carbocycles. The van der Waals surface area contributed by atoms with Gasteiger partial charge in [0, 0.05) is 53.1 Å². The third-order valence-electron chi connectivity index (χ3n) is 8.30. The number of phenols is 2. The fraction of sp³-hybridized carbons (Fsp3) is 0. The molecule has 0 unspecified atom stereocenters. The normalized spacial score (nSPS) is 12.1. The standard InChI is InChI=1S/C36H22N2O2S/c39-31-13-5-11-29-35(31)23-7-1-3-9-27(23)37(29)21-15-17-33-25(19-21)26-20-22(16-18-34(26)41-33)38-28-10-4-2-8-24(28)36-30(38)12-6-14-32(36)40/h1-20,39-40H. The summed E-state index contributed by atoms with van der Waals surface area (Å²) >= 11 is 1.79. The van der Waals surface area contributed by atoms with Gasteiger partial charge in [-0.2, -0.15) is 0 Å². The van der Waals surface area contributed by atoms with Crippen LogP contribution < -0.4 is 0 Å². The fourth-order valence-corrected chi connectivity index (χ4v) is 7.66. The highest BCUT2D eigenvalue weighted by Crippen LogP contribution is 2.42. The molecular formula is C36H22N2O2S. The Kier molecular flexibility index (Phi) is 4.47.